The summed E-state index contributed by atoms with van der Waals surface area (Å²) >= 11 is 12.7. The number of hydrogen-bond acceptors (Lipinski definition) is 7. The number of amidine groups is 1. The van der Waals surface area contributed by atoms with Crippen LogP contribution < -0.4 is 4.74 Å². The molecule has 0 unspecified atom stereocenters. The standard InChI is InChI=1S/C38H45Cl2N5O5.ClH/c1-4-50-32-23-28(38(2,3)25-46)9-14-31(32)36-41-34(26-5-10-29(39)11-6-26)35(27-7-12-30(40)13-8-27)45(36)37(48)44-17-15-42(16-18-44)24-33(47)43-19-21-49-22-20-43;/h5-14,23,34-35,46H,4,15-22,24-25H2,1-3H3;1H/t34-,35+;/m0./s1. The first-order chi connectivity index (χ1) is 24.1. The van der Waals surface area contributed by atoms with E-state index in [4.69, 9.17) is 37.7 Å². The number of nitrogens with zero attached hydrogens (tertiary/aromatic N) is 5. The number of aliphatic hydroxyl groups is 1. The topological polar surface area (TPSA) is 98.2 Å². The third-order valence-electron chi connectivity index (χ3n) is 9.76. The minimum Gasteiger partial charge on any atom is -0.493 e. The fraction of sp³-hybridized carbons (Fsp3) is 0.447. The van der Waals surface area contributed by atoms with E-state index in [9.17, 15) is 14.7 Å². The summed E-state index contributed by atoms with van der Waals surface area (Å²) in [4.78, 5) is 40.8. The number of hydrogen-bond donors (Lipinski definition) is 1. The van der Waals surface area contributed by atoms with Gasteiger partial charge in [0.05, 0.1) is 44.6 Å². The molecular weight excluding hydrogens is 713 g/mol. The van der Waals surface area contributed by atoms with Gasteiger partial charge in [0.2, 0.25) is 5.91 Å². The Morgan fingerprint density at radius 1 is 0.882 bits per heavy atom. The van der Waals surface area contributed by atoms with E-state index in [2.05, 4.69) is 4.90 Å². The van der Waals surface area contributed by atoms with Crippen molar-refractivity contribution >= 4 is 53.4 Å². The average molecular weight is 759 g/mol. The molecule has 2 atom stereocenters. The fourth-order valence-electron chi connectivity index (χ4n) is 6.70. The number of urea groups is 1. The molecule has 1 N–H and O–H groups in total. The smallest absolute Gasteiger partial charge is 0.326 e. The summed E-state index contributed by atoms with van der Waals surface area (Å²) in [6, 6.07) is 19.8. The van der Waals surface area contributed by atoms with E-state index < -0.39 is 17.5 Å². The van der Waals surface area contributed by atoms with E-state index in [0.29, 0.717) is 92.8 Å². The van der Waals surface area contributed by atoms with Crippen molar-refractivity contribution < 1.29 is 24.2 Å². The molecule has 0 saturated carbocycles. The van der Waals surface area contributed by atoms with Gasteiger partial charge in [-0.25, -0.2) is 4.79 Å². The van der Waals surface area contributed by atoms with Gasteiger partial charge in [0.25, 0.3) is 0 Å². The zero-order valence-corrected chi connectivity index (χ0v) is 31.6. The number of rotatable bonds is 9. The Labute approximate surface area is 316 Å². The highest BCUT2D eigenvalue weighted by molar-refractivity contribution is 6.30. The number of piperazine rings is 1. The Hall–Kier alpha value is -3.38. The van der Waals surface area contributed by atoms with E-state index in [1.165, 1.54) is 0 Å². The van der Waals surface area contributed by atoms with Crippen LogP contribution >= 0.6 is 35.6 Å². The van der Waals surface area contributed by atoms with Crippen molar-refractivity contribution in [2.75, 3.05) is 72.2 Å². The van der Waals surface area contributed by atoms with Gasteiger partial charge in [-0.3, -0.25) is 19.6 Å². The summed E-state index contributed by atoms with van der Waals surface area (Å²) < 4.78 is 11.6. The minimum atomic E-state index is -0.502. The van der Waals surface area contributed by atoms with Gasteiger partial charge in [0.1, 0.15) is 17.6 Å². The molecule has 3 amide bonds. The first-order valence-electron chi connectivity index (χ1n) is 17.2. The Kier molecular flexibility index (Phi) is 12.9. The SMILES string of the molecule is CCOc1cc(C(C)(C)CO)ccc1C1=N[C@@H](c2ccc(Cl)cc2)[C@@H](c2ccc(Cl)cc2)N1C(=O)N1CCN(CC(=O)N2CCOCC2)CC1.Cl. The first kappa shape index (κ1) is 38.8. The molecule has 0 radical (unpaired) electrons. The molecule has 3 aliphatic rings. The molecule has 3 heterocycles. The number of benzene rings is 3. The highest BCUT2D eigenvalue weighted by Gasteiger charge is 2.45. The molecule has 2 saturated heterocycles. The molecule has 0 bridgehead atoms. The number of morpholine rings is 1. The largest absolute Gasteiger partial charge is 0.493 e. The lowest BCUT2D eigenvalue weighted by atomic mass is 9.85. The summed E-state index contributed by atoms with van der Waals surface area (Å²) in [5, 5.41) is 11.3. The monoisotopic (exact) mass is 757 g/mol. The molecule has 6 rings (SSSR count). The maximum atomic E-state index is 14.9. The number of amides is 3. The second kappa shape index (κ2) is 17.0. The van der Waals surface area contributed by atoms with Crippen LogP contribution in [0, 0.1) is 0 Å². The van der Waals surface area contributed by atoms with Crippen LogP contribution in [0.25, 0.3) is 0 Å². The van der Waals surface area contributed by atoms with Gasteiger partial charge in [0.15, 0.2) is 0 Å². The van der Waals surface area contributed by atoms with Gasteiger partial charge in [-0.05, 0) is 60.0 Å². The quantitative estimate of drug-likeness (QED) is 0.278. The third-order valence-corrected chi connectivity index (χ3v) is 10.3. The predicted octanol–water partition coefficient (Wildman–Crippen LogP) is 6.23. The van der Waals surface area contributed by atoms with Crippen LogP contribution in [-0.4, -0.2) is 115 Å². The summed E-state index contributed by atoms with van der Waals surface area (Å²) in [6.07, 6.45) is 0. The molecule has 13 heteroatoms. The van der Waals surface area contributed by atoms with Gasteiger partial charge < -0.3 is 24.4 Å². The van der Waals surface area contributed by atoms with E-state index in [0.717, 1.165) is 16.7 Å². The molecule has 0 aliphatic carbocycles. The number of halogens is 3. The summed E-state index contributed by atoms with van der Waals surface area (Å²) in [5.74, 6) is 1.17. The Morgan fingerprint density at radius 3 is 2.08 bits per heavy atom. The molecule has 0 spiro atoms. The zero-order valence-electron chi connectivity index (χ0n) is 29.3. The van der Waals surface area contributed by atoms with Gasteiger partial charge in [0, 0.05) is 54.7 Å². The van der Waals surface area contributed by atoms with Crippen molar-refractivity contribution in [3.63, 3.8) is 0 Å². The van der Waals surface area contributed by atoms with E-state index >= 15 is 0 Å². The van der Waals surface area contributed by atoms with Crippen LogP contribution in [0.5, 0.6) is 5.75 Å². The van der Waals surface area contributed by atoms with Gasteiger partial charge >= 0.3 is 6.03 Å². The normalized spacial score (nSPS) is 19.8. The average Bonchev–Trinajstić information content (AvgIpc) is 3.53. The Morgan fingerprint density at radius 2 is 1.49 bits per heavy atom. The van der Waals surface area contributed by atoms with E-state index in [-0.39, 0.29) is 31.0 Å². The Balaban J connectivity index is 0.00000504. The van der Waals surface area contributed by atoms with Crippen LogP contribution in [0.4, 0.5) is 4.79 Å². The summed E-state index contributed by atoms with van der Waals surface area (Å²) in [7, 11) is 0. The van der Waals surface area contributed by atoms with Crippen LogP contribution in [0.2, 0.25) is 10.0 Å². The molecule has 274 valence electrons. The van der Waals surface area contributed by atoms with Crippen LogP contribution in [0.1, 0.15) is 55.1 Å². The van der Waals surface area contributed by atoms with Gasteiger partial charge in [-0.2, -0.15) is 0 Å². The number of aliphatic imine (C=N–C) groups is 1. The van der Waals surface area contributed by atoms with E-state index in [1.807, 2.05) is 97.3 Å². The third kappa shape index (κ3) is 8.64. The van der Waals surface area contributed by atoms with Crippen molar-refractivity contribution in [3.05, 3.63) is 99.0 Å². The lowest BCUT2D eigenvalue weighted by molar-refractivity contribution is -0.136. The molecule has 3 aromatic carbocycles. The van der Waals surface area contributed by atoms with Crippen molar-refractivity contribution in [2.24, 2.45) is 4.99 Å². The molecule has 2 fully saturated rings. The Bertz CT molecular complexity index is 1690. The van der Waals surface area contributed by atoms with Crippen LogP contribution in [0.3, 0.4) is 0 Å². The lowest BCUT2D eigenvalue weighted by Crippen LogP contribution is -2.56. The van der Waals surface area contributed by atoms with Crippen molar-refractivity contribution in [2.45, 2.75) is 38.3 Å². The van der Waals surface area contributed by atoms with E-state index in [1.54, 1.807) is 4.90 Å². The number of aliphatic hydroxyl groups excluding tert-OH is 1. The molecule has 0 aromatic heterocycles. The number of ether oxygens (including phenoxy) is 2. The molecule has 51 heavy (non-hydrogen) atoms. The maximum absolute atomic E-state index is 14.9. The highest BCUT2D eigenvalue weighted by Crippen LogP contribution is 2.46. The molecule has 10 nitrogen and oxygen atoms in total. The van der Waals surface area contributed by atoms with Crippen LogP contribution in [0.15, 0.2) is 71.7 Å². The minimum absolute atomic E-state index is 0. The lowest BCUT2D eigenvalue weighted by Gasteiger charge is -2.39. The molecular formula is C38H46Cl3N5O5. The number of carbonyl (C=O) groups excluding carboxylic acids is 2. The predicted molar refractivity (Wildman–Crippen MR) is 203 cm³/mol. The summed E-state index contributed by atoms with van der Waals surface area (Å²) in [5.41, 5.74) is 2.88. The zero-order chi connectivity index (χ0) is 35.4. The summed E-state index contributed by atoms with van der Waals surface area (Å²) in [6.45, 7) is 11.0. The fourth-order valence-corrected chi connectivity index (χ4v) is 6.95. The van der Waals surface area contributed by atoms with Gasteiger partial charge in [-0.1, -0.05) is 67.4 Å². The van der Waals surface area contributed by atoms with Crippen molar-refractivity contribution in [1.29, 1.82) is 0 Å². The van der Waals surface area contributed by atoms with Crippen molar-refractivity contribution in [3.8, 4) is 5.75 Å². The van der Waals surface area contributed by atoms with Crippen LogP contribution in [-0.2, 0) is 14.9 Å². The van der Waals surface area contributed by atoms with Gasteiger partial charge in [-0.15, -0.1) is 12.4 Å². The molecule has 3 aliphatic heterocycles. The van der Waals surface area contributed by atoms with Crippen molar-refractivity contribution in [1.82, 2.24) is 19.6 Å². The molecule has 3 aromatic rings. The second-order valence-electron chi connectivity index (χ2n) is 13.5. The second-order valence-corrected chi connectivity index (χ2v) is 14.4. The number of carbonyl (C=O) groups is 2. The highest BCUT2D eigenvalue weighted by atomic mass is 35.5. The first-order valence-corrected chi connectivity index (χ1v) is 18.0. The maximum Gasteiger partial charge on any atom is 0.326 e.